The molecular formula is C17H32N2OS. The molecule has 0 aliphatic carbocycles. The van der Waals surface area contributed by atoms with Gasteiger partial charge < -0.3 is 10.1 Å². The normalized spacial score (nSPS) is 15.2. The van der Waals surface area contributed by atoms with E-state index in [-0.39, 0.29) is 11.5 Å². The quantitative estimate of drug-likeness (QED) is 0.784. The van der Waals surface area contributed by atoms with Crippen molar-refractivity contribution in [3.05, 3.63) is 15.6 Å². The van der Waals surface area contributed by atoms with E-state index in [2.05, 4.69) is 53.8 Å². The number of hydrogen-bond acceptors (Lipinski definition) is 4. The Bertz CT molecular complexity index is 403. The van der Waals surface area contributed by atoms with Crippen molar-refractivity contribution in [2.75, 3.05) is 13.2 Å². The molecule has 0 saturated heterocycles. The van der Waals surface area contributed by atoms with Crippen LogP contribution in [0.5, 0.6) is 0 Å². The molecule has 0 spiro atoms. The van der Waals surface area contributed by atoms with Gasteiger partial charge in [0.2, 0.25) is 0 Å². The minimum Gasteiger partial charge on any atom is -0.376 e. The van der Waals surface area contributed by atoms with Gasteiger partial charge in [-0.25, -0.2) is 4.98 Å². The number of aryl methyl sites for hydroxylation is 2. The van der Waals surface area contributed by atoms with Gasteiger partial charge in [-0.1, -0.05) is 27.7 Å². The van der Waals surface area contributed by atoms with Crippen LogP contribution in [0.1, 0.15) is 56.6 Å². The molecule has 1 N–H and O–H groups in total. The Morgan fingerprint density at radius 2 is 1.90 bits per heavy atom. The van der Waals surface area contributed by atoms with Crippen LogP contribution in [-0.4, -0.2) is 30.3 Å². The summed E-state index contributed by atoms with van der Waals surface area (Å²) in [6.45, 7) is 17.1. The van der Waals surface area contributed by atoms with Crippen LogP contribution in [0.15, 0.2) is 0 Å². The summed E-state index contributed by atoms with van der Waals surface area (Å²) < 4.78 is 6.09. The van der Waals surface area contributed by atoms with Crippen molar-refractivity contribution in [3.63, 3.8) is 0 Å². The lowest BCUT2D eigenvalue weighted by Gasteiger charge is -2.37. The molecule has 0 aliphatic heterocycles. The predicted molar refractivity (Wildman–Crippen MR) is 92.2 cm³/mol. The zero-order valence-corrected chi connectivity index (χ0v) is 15.6. The molecule has 0 amide bonds. The second-order valence-corrected chi connectivity index (χ2v) is 8.04. The fourth-order valence-electron chi connectivity index (χ4n) is 2.58. The van der Waals surface area contributed by atoms with E-state index in [4.69, 9.17) is 9.72 Å². The molecule has 1 aromatic rings. The maximum absolute atomic E-state index is 6.09. The summed E-state index contributed by atoms with van der Waals surface area (Å²) in [5.74, 6) is 0. The van der Waals surface area contributed by atoms with Gasteiger partial charge in [-0.15, -0.1) is 11.3 Å². The first-order valence-electron chi connectivity index (χ1n) is 8.07. The lowest BCUT2D eigenvalue weighted by molar-refractivity contribution is -0.0355. The van der Waals surface area contributed by atoms with Gasteiger partial charge in [-0.2, -0.15) is 0 Å². The molecule has 2 atom stereocenters. The SMILES string of the molecule is CCCNC(Cc1nc(C)c(C)s1)C(OCC)C(C)(C)C. The van der Waals surface area contributed by atoms with Crippen LogP contribution in [0.3, 0.4) is 0 Å². The maximum atomic E-state index is 6.09. The predicted octanol–water partition coefficient (Wildman–Crippen LogP) is 4.12. The molecule has 0 radical (unpaired) electrons. The highest BCUT2D eigenvalue weighted by Crippen LogP contribution is 2.28. The van der Waals surface area contributed by atoms with Gasteiger partial charge in [-0.3, -0.25) is 0 Å². The number of ether oxygens (including phenoxy) is 1. The number of hydrogen-bond donors (Lipinski definition) is 1. The first kappa shape index (κ1) is 18.6. The minimum atomic E-state index is 0.114. The zero-order valence-electron chi connectivity index (χ0n) is 14.7. The maximum Gasteiger partial charge on any atom is 0.0947 e. The van der Waals surface area contributed by atoms with Crippen LogP contribution in [-0.2, 0) is 11.2 Å². The van der Waals surface area contributed by atoms with Crippen molar-refractivity contribution in [2.45, 2.75) is 73.5 Å². The Morgan fingerprint density at radius 3 is 2.33 bits per heavy atom. The van der Waals surface area contributed by atoms with E-state index in [1.807, 2.05) is 11.3 Å². The highest BCUT2D eigenvalue weighted by molar-refractivity contribution is 7.11. The second kappa shape index (κ2) is 8.25. The zero-order chi connectivity index (χ0) is 16.0. The molecule has 1 aromatic heterocycles. The summed E-state index contributed by atoms with van der Waals surface area (Å²) in [4.78, 5) is 6.03. The van der Waals surface area contributed by atoms with E-state index < -0.39 is 0 Å². The average Bonchev–Trinajstić information content (AvgIpc) is 2.69. The molecule has 1 rings (SSSR count). The Morgan fingerprint density at radius 1 is 1.24 bits per heavy atom. The molecule has 4 heteroatoms. The Hall–Kier alpha value is -0.450. The number of nitrogens with one attached hydrogen (secondary N) is 1. The molecule has 0 aliphatic rings. The van der Waals surface area contributed by atoms with Gasteiger partial charge in [0, 0.05) is 23.9 Å². The molecular weight excluding hydrogens is 280 g/mol. The summed E-state index contributed by atoms with van der Waals surface area (Å²) >= 11 is 1.82. The highest BCUT2D eigenvalue weighted by Gasteiger charge is 2.33. The standard InChI is InChI=1S/C17H32N2OS/c1-8-10-18-14(16(20-9-2)17(5,6)7)11-15-19-12(3)13(4)21-15/h14,16,18H,8-11H2,1-7H3. The number of aromatic nitrogens is 1. The Labute approximate surface area is 134 Å². The summed E-state index contributed by atoms with van der Waals surface area (Å²) in [7, 11) is 0. The van der Waals surface area contributed by atoms with Crippen molar-refractivity contribution in [3.8, 4) is 0 Å². The third kappa shape index (κ3) is 5.68. The Balaban J connectivity index is 2.91. The first-order valence-corrected chi connectivity index (χ1v) is 8.89. The number of rotatable bonds is 8. The average molecular weight is 313 g/mol. The van der Waals surface area contributed by atoms with E-state index >= 15 is 0 Å². The van der Waals surface area contributed by atoms with Gasteiger partial charge >= 0.3 is 0 Å². The van der Waals surface area contributed by atoms with Crippen molar-refractivity contribution in [1.29, 1.82) is 0 Å². The van der Waals surface area contributed by atoms with Crippen LogP contribution in [0, 0.1) is 19.3 Å². The van der Waals surface area contributed by atoms with Gasteiger partial charge in [0.05, 0.1) is 16.8 Å². The van der Waals surface area contributed by atoms with Crippen molar-refractivity contribution in [1.82, 2.24) is 10.3 Å². The molecule has 1 heterocycles. The largest absolute Gasteiger partial charge is 0.376 e. The molecule has 3 nitrogen and oxygen atoms in total. The van der Waals surface area contributed by atoms with Crippen LogP contribution in [0.4, 0.5) is 0 Å². The second-order valence-electron chi connectivity index (χ2n) is 6.76. The highest BCUT2D eigenvalue weighted by atomic mass is 32.1. The summed E-state index contributed by atoms with van der Waals surface area (Å²) in [6.07, 6.45) is 2.27. The smallest absolute Gasteiger partial charge is 0.0947 e. The molecule has 0 saturated carbocycles. The summed E-state index contributed by atoms with van der Waals surface area (Å²) in [5, 5.41) is 4.90. The Kier molecular flexibility index (Phi) is 7.31. The van der Waals surface area contributed by atoms with E-state index in [1.165, 1.54) is 9.88 Å². The molecule has 0 bridgehead atoms. The van der Waals surface area contributed by atoms with E-state index in [9.17, 15) is 0 Å². The molecule has 0 aromatic carbocycles. The van der Waals surface area contributed by atoms with Crippen LogP contribution in [0.25, 0.3) is 0 Å². The number of thiazole rings is 1. The third-order valence-corrected chi connectivity index (χ3v) is 4.78. The minimum absolute atomic E-state index is 0.114. The summed E-state index contributed by atoms with van der Waals surface area (Å²) in [5.41, 5.74) is 1.27. The molecule has 122 valence electrons. The van der Waals surface area contributed by atoms with Gasteiger partial charge in [0.1, 0.15) is 0 Å². The topological polar surface area (TPSA) is 34.2 Å². The van der Waals surface area contributed by atoms with Crippen molar-refractivity contribution in [2.24, 2.45) is 5.41 Å². The van der Waals surface area contributed by atoms with Crippen LogP contribution < -0.4 is 5.32 Å². The monoisotopic (exact) mass is 312 g/mol. The fraction of sp³-hybridized carbons (Fsp3) is 0.824. The lowest BCUT2D eigenvalue weighted by atomic mass is 9.83. The van der Waals surface area contributed by atoms with Crippen molar-refractivity contribution < 1.29 is 4.74 Å². The first-order chi connectivity index (χ1) is 9.79. The summed E-state index contributed by atoms with van der Waals surface area (Å²) in [6, 6.07) is 0.315. The van der Waals surface area contributed by atoms with Gasteiger partial charge in [0.25, 0.3) is 0 Å². The number of nitrogens with zero attached hydrogens (tertiary/aromatic N) is 1. The van der Waals surface area contributed by atoms with Crippen LogP contribution >= 0.6 is 11.3 Å². The van der Waals surface area contributed by atoms with Gasteiger partial charge in [-0.05, 0) is 39.2 Å². The molecule has 21 heavy (non-hydrogen) atoms. The van der Waals surface area contributed by atoms with E-state index in [0.717, 1.165) is 31.7 Å². The molecule has 2 unspecified atom stereocenters. The van der Waals surface area contributed by atoms with Crippen LogP contribution in [0.2, 0.25) is 0 Å². The van der Waals surface area contributed by atoms with E-state index in [0.29, 0.717) is 6.04 Å². The van der Waals surface area contributed by atoms with Crippen molar-refractivity contribution >= 4 is 11.3 Å². The lowest BCUT2D eigenvalue weighted by Crippen LogP contribution is -2.49. The molecule has 0 fully saturated rings. The third-order valence-electron chi connectivity index (χ3n) is 3.69. The van der Waals surface area contributed by atoms with Gasteiger partial charge in [0.15, 0.2) is 0 Å². The van der Waals surface area contributed by atoms with E-state index in [1.54, 1.807) is 0 Å². The fourth-order valence-corrected chi connectivity index (χ4v) is 3.57.